The number of hydrogen-bond donors (Lipinski definition) is 3. The third-order valence-corrected chi connectivity index (χ3v) is 20.9. The molecule has 0 fully saturated rings. The fourth-order valence-electron chi connectivity index (χ4n) is 12.5. The first kappa shape index (κ1) is 98.1. The van der Waals surface area contributed by atoms with E-state index in [1.807, 2.05) is 0 Å². The number of aliphatic hydroxyl groups excluding tert-OH is 1. The van der Waals surface area contributed by atoms with E-state index in [1.54, 1.807) is 0 Å². The Morgan fingerprint density at radius 1 is 0.270 bits per heavy atom. The first-order valence-corrected chi connectivity index (χ1v) is 45.0. The summed E-state index contributed by atoms with van der Waals surface area (Å²) in [5, 5.41) is 10.6. The Labute approximate surface area is 613 Å². The van der Waals surface area contributed by atoms with Crippen LogP contribution in [0.2, 0.25) is 0 Å². The average molecular weight is 1470 g/mol. The van der Waals surface area contributed by atoms with Crippen molar-refractivity contribution in [2.45, 2.75) is 445 Å². The molecule has 594 valence electrons. The van der Waals surface area contributed by atoms with Crippen LogP contribution in [-0.4, -0.2) is 96.7 Å². The Morgan fingerprint density at radius 3 is 0.680 bits per heavy atom. The van der Waals surface area contributed by atoms with Gasteiger partial charge in [-0.25, -0.2) is 9.13 Å². The molecule has 0 radical (unpaired) electrons. The molecule has 0 bridgehead atoms. The number of phosphoric ester groups is 2. The van der Waals surface area contributed by atoms with E-state index < -0.39 is 97.5 Å². The molecule has 0 spiro atoms. The number of ether oxygens (including phenoxy) is 4. The summed E-state index contributed by atoms with van der Waals surface area (Å²) in [4.78, 5) is 73.1. The predicted octanol–water partition coefficient (Wildman–Crippen LogP) is 24.3. The van der Waals surface area contributed by atoms with Gasteiger partial charge >= 0.3 is 39.5 Å². The second-order valence-electron chi connectivity index (χ2n) is 30.1. The van der Waals surface area contributed by atoms with E-state index in [-0.39, 0.29) is 25.7 Å². The van der Waals surface area contributed by atoms with Gasteiger partial charge in [0.15, 0.2) is 12.2 Å². The third kappa shape index (κ3) is 74.3. The van der Waals surface area contributed by atoms with Gasteiger partial charge in [-0.05, 0) is 37.5 Å². The Morgan fingerprint density at radius 2 is 0.460 bits per heavy atom. The summed E-state index contributed by atoms with van der Waals surface area (Å²) in [6.07, 6.45) is 62.4. The molecule has 17 nitrogen and oxygen atoms in total. The number of hydrogen-bond acceptors (Lipinski definition) is 15. The molecule has 0 rings (SSSR count). The van der Waals surface area contributed by atoms with Crippen LogP contribution in [-0.2, 0) is 65.4 Å². The zero-order valence-electron chi connectivity index (χ0n) is 65.5. The summed E-state index contributed by atoms with van der Waals surface area (Å²) in [5.41, 5.74) is 0. The molecule has 19 heteroatoms. The maximum absolute atomic E-state index is 13.1. The predicted molar refractivity (Wildman–Crippen MR) is 409 cm³/mol. The lowest BCUT2D eigenvalue weighted by Crippen LogP contribution is -2.30. The van der Waals surface area contributed by atoms with Gasteiger partial charge < -0.3 is 33.8 Å². The maximum atomic E-state index is 13.1. The van der Waals surface area contributed by atoms with Crippen molar-refractivity contribution in [1.82, 2.24) is 0 Å². The van der Waals surface area contributed by atoms with Crippen LogP contribution in [0.3, 0.4) is 0 Å². The van der Waals surface area contributed by atoms with E-state index in [9.17, 15) is 43.2 Å². The number of rotatable bonds is 80. The van der Waals surface area contributed by atoms with E-state index in [1.165, 1.54) is 244 Å². The Balaban J connectivity index is 5.25. The third-order valence-electron chi connectivity index (χ3n) is 19.0. The molecule has 0 heterocycles. The summed E-state index contributed by atoms with van der Waals surface area (Å²) < 4.78 is 68.7. The fourth-order valence-corrected chi connectivity index (χ4v) is 14.1. The molecule has 0 aliphatic rings. The second kappa shape index (κ2) is 72.6. The molecule has 0 aromatic heterocycles. The van der Waals surface area contributed by atoms with Crippen molar-refractivity contribution < 1.29 is 80.2 Å². The van der Waals surface area contributed by atoms with Crippen molar-refractivity contribution in [2.75, 3.05) is 39.6 Å². The first-order chi connectivity index (χ1) is 48.4. The monoisotopic (exact) mass is 1470 g/mol. The lowest BCUT2D eigenvalue weighted by molar-refractivity contribution is -0.161. The molecule has 100 heavy (non-hydrogen) atoms. The SMILES string of the molecule is CCCCCCCCCCCCCCCCCCCCC(=O)O[C@H](COC(=O)CCCCCCCCCCCCCCCCCC)COP(=O)(O)OC[C@@H](O)COP(=O)(O)OC[C@@H](COC(=O)CCCCCCCCCCC(C)C)OC(=O)CCCCCCCCCCCCCCC(C)C. The van der Waals surface area contributed by atoms with Gasteiger partial charge in [-0.1, -0.05) is 375 Å². The van der Waals surface area contributed by atoms with Gasteiger partial charge in [-0.3, -0.25) is 37.3 Å². The number of unbranched alkanes of at least 4 members (excludes halogenated alkanes) is 50. The van der Waals surface area contributed by atoms with Gasteiger partial charge in [0, 0.05) is 25.7 Å². The average Bonchev–Trinajstić information content (AvgIpc) is 0.962. The molecular weight excluding hydrogens is 1310 g/mol. The highest BCUT2D eigenvalue weighted by Gasteiger charge is 2.30. The topological polar surface area (TPSA) is 237 Å². The van der Waals surface area contributed by atoms with Crippen molar-refractivity contribution in [3.05, 3.63) is 0 Å². The van der Waals surface area contributed by atoms with Crippen LogP contribution >= 0.6 is 15.6 Å². The zero-order valence-corrected chi connectivity index (χ0v) is 67.3. The minimum Gasteiger partial charge on any atom is -0.462 e. The van der Waals surface area contributed by atoms with E-state index >= 15 is 0 Å². The largest absolute Gasteiger partial charge is 0.472 e. The minimum absolute atomic E-state index is 0.107. The second-order valence-corrected chi connectivity index (χ2v) is 33.0. The summed E-state index contributed by atoms with van der Waals surface area (Å²) in [6.45, 7) is 9.62. The van der Waals surface area contributed by atoms with Gasteiger partial charge in [0.05, 0.1) is 26.4 Å². The molecular formula is C81H158O17P2. The Hall–Kier alpha value is -1.94. The van der Waals surface area contributed by atoms with Gasteiger partial charge in [-0.15, -0.1) is 0 Å². The molecule has 0 aromatic carbocycles. The van der Waals surface area contributed by atoms with Crippen LogP contribution in [0.5, 0.6) is 0 Å². The smallest absolute Gasteiger partial charge is 0.462 e. The lowest BCUT2D eigenvalue weighted by Gasteiger charge is -2.21. The van der Waals surface area contributed by atoms with Crippen LogP contribution in [0.15, 0.2) is 0 Å². The van der Waals surface area contributed by atoms with Crippen molar-refractivity contribution >= 4 is 39.5 Å². The minimum atomic E-state index is -4.96. The van der Waals surface area contributed by atoms with Gasteiger partial charge in [0.1, 0.15) is 19.3 Å². The molecule has 3 N–H and O–H groups in total. The van der Waals surface area contributed by atoms with E-state index in [4.69, 9.17) is 37.0 Å². The van der Waals surface area contributed by atoms with Crippen LogP contribution in [0.25, 0.3) is 0 Å². The van der Waals surface area contributed by atoms with Crippen LogP contribution in [0, 0.1) is 11.8 Å². The van der Waals surface area contributed by atoms with Crippen LogP contribution in [0.4, 0.5) is 0 Å². The van der Waals surface area contributed by atoms with E-state index in [0.717, 1.165) is 102 Å². The van der Waals surface area contributed by atoms with E-state index in [0.29, 0.717) is 25.7 Å². The van der Waals surface area contributed by atoms with Crippen LogP contribution in [0.1, 0.15) is 427 Å². The number of carbonyl (C=O) groups is 4. The molecule has 0 aromatic rings. The number of esters is 4. The summed E-state index contributed by atoms with van der Waals surface area (Å²) >= 11 is 0. The highest BCUT2D eigenvalue weighted by atomic mass is 31.2. The summed E-state index contributed by atoms with van der Waals surface area (Å²) in [6, 6.07) is 0. The van der Waals surface area contributed by atoms with Crippen LogP contribution < -0.4 is 0 Å². The Kier molecular flexibility index (Phi) is 71.2. The molecule has 0 amide bonds. The number of aliphatic hydroxyl groups is 1. The quantitative estimate of drug-likeness (QED) is 0.0222. The van der Waals surface area contributed by atoms with E-state index in [2.05, 4.69) is 41.5 Å². The molecule has 2 unspecified atom stereocenters. The number of phosphoric acid groups is 2. The highest BCUT2D eigenvalue weighted by molar-refractivity contribution is 7.47. The Bertz CT molecular complexity index is 1920. The van der Waals surface area contributed by atoms with Crippen molar-refractivity contribution in [2.24, 2.45) is 11.8 Å². The zero-order chi connectivity index (χ0) is 73.5. The lowest BCUT2D eigenvalue weighted by atomic mass is 10.0. The van der Waals surface area contributed by atoms with Crippen molar-refractivity contribution in [3.63, 3.8) is 0 Å². The molecule has 0 aliphatic heterocycles. The first-order valence-electron chi connectivity index (χ1n) is 42.0. The van der Waals surface area contributed by atoms with Gasteiger partial charge in [0.25, 0.3) is 0 Å². The molecule has 0 saturated carbocycles. The number of carbonyl (C=O) groups excluding carboxylic acids is 4. The van der Waals surface area contributed by atoms with Gasteiger partial charge in [-0.2, -0.15) is 0 Å². The highest BCUT2D eigenvalue weighted by Crippen LogP contribution is 2.45. The van der Waals surface area contributed by atoms with Gasteiger partial charge in [0.2, 0.25) is 0 Å². The molecule has 0 saturated heterocycles. The summed E-state index contributed by atoms with van der Waals surface area (Å²) in [7, 11) is -9.92. The van der Waals surface area contributed by atoms with Crippen molar-refractivity contribution in [1.29, 1.82) is 0 Å². The molecule has 5 atom stereocenters. The fraction of sp³-hybridized carbons (Fsp3) is 0.951. The van der Waals surface area contributed by atoms with Crippen molar-refractivity contribution in [3.8, 4) is 0 Å². The standard InChI is InChI=1S/C81H158O17P2/c1-7-9-11-13-15-17-19-21-23-25-26-28-30-35-39-47-53-59-65-80(85)97-76(69-91-78(83)63-57-51-45-38-34-29-27-24-22-20-18-16-14-12-10-8-2)71-95-99(87,88)93-67-75(82)68-94-100(89,90)96-72-77(70-92-79(84)64-58-52-46-42-41-44-50-56-62-74(5)6)98-81(86)66-60-54-48-40-36-32-31-33-37-43-49-55-61-73(3)4/h73-77,82H,7-72H2,1-6H3,(H,87,88)(H,89,90)/t75-,76-,77-/m1/s1. The maximum Gasteiger partial charge on any atom is 0.472 e. The molecule has 0 aliphatic carbocycles. The normalized spacial score (nSPS) is 13.9. The summed E-state index contributed by atoms with van der Waals surface area (Å²) in [5.74, 6) is -0.605.